The molecule has 0 bridgehead atoms. The Bertz CT molecular complexity index is 2730. The van der Waals surface area contributed by atoms with E-state index in [0.717, 1.165) is 52.9 Å². The van der Waals surface area contributed by atoms with E-state index in [9.17, 15) is 75.0 Å². The number of halogens is 9. The third-order valence-electron chi connectivity index (χ3n) is 7.37. The van der Waals surface area contributed by atoms with E-state index in [1.54, 1.807) is 53.0 Å². The van der Waals surface area contributed by atoms with E-state index in [4.69, 9.17) is 0 Å². The van der Waals surface area contributed by atoms with Crippen molar-refractivity contribution in [2.45, 2.75) is 37.3 Å². The Balaban J connectivity index is 0.000000201. The molecule has 0 saturated carbocycles. The van der Waals surface area contributed by atoms with Crippen LogP contribution in [0.5, 0.6) is 17.2 Å². The second kappa shape index (κ2) is 16.6. The van der Waals surface area contributed by atoms with Gasteiger partial charge in [-0.3, -0.25) is 0 Å². The fourth-order valence-corrected chi connectivity index (χ4v) is 8.79. The molecule has 58 heavy (non-hydrogen) atoms. The predicted octanol–water partition coefficient (Wildman–Crippen LogP) is 10.4. The maximum atomic E-state index is 12.4. The zero-order chi connectivity index (χ0) is 43.8. The van der Waals surface area contributed by atoms with Crippen molar-refractivity contribution in [1.29, 1.82) is 0 Å². The van der Waals surface area contributed by atoms with Crippen molar-refractivity contribution in [1.82, 2.24) is 0 Å². The Kier molecular flexibility index (Phi) is 13.2. The molecule has 4 aromatic carbocycles. The van der Waals surface area contributed by atoms with Crippen LogP contribution in [-0.4, -0.2) is 52.0 Å². The van der Waals surface area contributed by atoms with Gasteiger partial charge in [-0.25, -0.2) is 0 Å². The van der Waals surface area contributed by atoms with Gasteiger partial charge in [0, 0.05) is 25.2 Å². The first-order valence-electron chi connectivity index (χ1n) is 15.4. The monoisotopic (exact) mass is 924 g/mol. The van der Waals surface area contributed by atoms with Gasteiger partial charge in [-0.2, -0.15) is 64.8 Å². The smallest absolute Gasteiger partial charge is 0.508 e. The first-order valence-corrected chi connectivity index (χ1v) is 21.3. The Morgan fingerprint density at radius 3 is 1.36 bits per heavy atom. The van der Waals surface area contributed by atoms with E-state index in [0.29, 0.717) is 5.75 Å². The molecular weight excluding hydrogens is 900 g/mol. The number of hydrogen-bond acceptors (Lipinski definition) is 12. The molecule has 0 fully saturated rings. The molecule has 0 aliphatic heterocycles. The summed E-state index contributed by atoms with van der Waals surface area (Å²) in [5.74, 6) is 0.201. The highest BCUT2D eigenvalue weighted by atomic mass is 32.3. The van der Waals surface area contributed by atoms with Crippen molar-refractivity contribution < 1.29 is 82.8 Å². The summed E-state index contributed by atoms with van der Waals surface area (Å²) in [4.78, 5) is 2.33. The molecular formula is C34H25F9O10S5. The quantitative estimate of drug-likeness (QED) is 0.0934. The molecule has 0 atom stereocenters. The Labute approximate surface area is 331 Å². The average Bonchev–Trinajstić information content (AvgIpc) is 3.68. The summed E-state index contributed by atoms with van der Waals surface area (Å²) in [6.07, 6.45) is 0. The molecule has 6 rings (SSSR count). The molecule has 2 heterocycles. The predicted molar refractivity (Wildman–Crippen MR) is 199 cm³/mol. The average molecular weight is 925 g/mol. The van der Waals surface area contributed by atoms with Crippen LogP contribution < -0.4 is 4.18 Å². The number of thiophene rings is 2. The lowest BCUT2D eigenvalue weighted by molar-refractivity contribution is -0.0586. The van der Waals surface area contributed by atoms with Crippen LogP contribution in [-0.2, 0) is 34.0 Å². The third kappa shape index (κ3) is 10.5. The van der Waals surface area contributed by atoms with E-state index < -0.39 is 46.9 Å². The molecule has 314 valence electrons. The lowest BCUT2D eigenvalue weighted by Gasteiger charge is -2.10. The fraction of sp³-hybridized carbons (Fsp3) is 0.176. The molecule has 0 radical (unpaired) electrons. The van der Waals surface area contributed by atoms with Gasteiger partial charge in [0.05, 0.1) is 4.70 Å². The van der Waals surface area contributed by atoms with Gasteiger partial charge in [-0.05, 0) is 97.1 Å². The van der Waals surface area contributed by atoms with E-state index in [-0.39, 0.29) is 11.5 Å². The van der Waals surface area contributed by atoms with Crippen LogP contribution in [0.2, 0.25) is 0 Å². The number of phenolic OH excluding ortho intramolecular Hbond substituents is 2. The van der Waals surface area contributed by atoms with Crippen LogP contribution in [0.4, 0.5) is 39.5 Å². The van der Waals surface area contributed by atoms with Crippen LogP contribution in [0.3, 0.4) is 0 Å². The molecule has 0 unspecified atom stereocenters. The van der Waals surface area contributed by atoms with Gasteiger partial charge in [0.2, 0.25) is 0 Å². The molecule has 0 aliphatic rings. The Hall–Kier alpha value is -4.62. The Morgan fingerprint density at radius 2 is 0.914 bits per heavy atom. The SMILES string of the molecule is Cc1cc2c(-c3ccc(O)cc3)ccc(O)c2s1.Cc1cc2c(-c3ccc(OS(=O)(=O)C(F)(F)F)cc3)ccc(C)c2s1.O=S(=O)(OS(=O)(=O)C(F)(F)F)C(F)(F)F. The van der Waals surface area contributed by atoms with Crippen molar-refractivity contribution >= 4 is 73.2 Å². The van der Waals surface area contributed by atoms with Crippen molar-refractivity contribution in [3.8, 4) is 39.5 Å². The fourth-order valence-electron chi connectivity index (χ4n) is 4.82. The number of phenols is 2. The van der Waals surface area contributed by atoms with Gasteiger partial charge < -0.3 is 14.4 Å². The van der Waals surface area contributed by atoms with Gasteiger partial charge in [0.25, 0.3) is 0 Å². The van der Waals surface area contributed by atoms with Crippen LogP contribution in [0.25, 0.3) is 42.4 Å². The standard InChI is InChI=1S/C17H13F3O3S2.C15H12O2S.C2F6O5S2/c1-10-3-8-14(15-9-11(2)24-16(10)15)12-4-6-13(7-5-12)23-25(21,22)17(18,19)20;1-9-8-13-12(6-7-14(17)15(13)18-9)10-2-4-11(16)5-3-10;3-1(4,5)14(9,10)13-15(11,12)2(6,7)8/h3-9H,1-2H3;2-8,16-17H,1H3;. The number of alkyl halides is 9. The lowest BCUT2D eigenvalue weighted by atomic mass is 10.00. The van der Waals surface area contributed by atoms with Crippen LogP contribution in [0, 0.1) is 20.8 Å². The number of aromatic hydroxyl groups is 2. The number of rotatable bonds is 6. The van der Waals surface area contributed by atoms with Crippen LogP contribution >= 0.6 is 22.7 Å². The summed E-state index contributed by atoms with van der Waals surface area (Å²) in [7, 11) is -19.4. The normalized spacial score (nSPS) is 12.8. The minimum atomic E-state index is -6.85. The molecule has 0 spiro atoms. The highest BCUT2D eigenvalue weighted by Gasteiger charge is 2.57. The van der Waals surface area contributed by atoms with Gasteiger partial charge in [0.1, 0.15) is 17.2 Å². The zero-order valence-electron chi connectivity index (χ0n) is 29.2. The zero-order valence-corrected chi connectivity index (χ0v) is 33.3. The molecule has 2 N–H and O–H groups in total. The van der Waals surface area contributed by atoms with Gasteiger partial charge in [-0.15, -0.1) is 26.3 Å². The maximum absolute atomic E-state index is 12.4. The van der Waals surface area contributed by atoms with Crippen molar-refractivity contribution in [3.63, 3.8) is 0 Å². The second-order valence-corrected chi connectivity index (χ2v) is 19.0. The second-order valence-electron chi connectivity index (χ2n) is 11.7. The van der Waals surface area contributed by atoms with E-state index >= 15 is 0 Å². The topological polar surface area (TPSA) is 161 Å². The molecule has 2 aromatic heterocycles. The highest BCUT2D eigenvalue weighted by molar-refractivity contribution is 8.00. The minimum absolute atomic E-state index is 0.260. The van der Waals surface area contributed by atoms with E-state index in [2.05, 4.69) is 16.3 Å². The molecule has 0 amide bonds. The van der Waals surface area contributed by atoms with Gasteiger partial charge in [-0.1, -0.05) is 36.4 Å². The summed E-state index contributed by atoms with van der Waals surface area (Å²) < 4.78 is 175. The van der Waals surface area contributed by atoms with Crippen molar-refractivity contribution in [3.05, 3.63) is 100 Å². The Morgan fingerprint density at radius 1 is 0.517 bits per heavy atom. The highest BCUT2D eigenvalue weighted by Crippen LogP contribution is 2.40. The van der Waals surface area contributed by atoms with E-state index in [1.807, 2.05) is 54.7 Å². The number of hydrogen-bond donors (Lipinski definition) is 2. The number of aryl methyl sites for hydroxylation is 3. The third-order valence-corrected chi connectivity index (χ3v) is 13.2. The maximum Gasteiger partial charge on any atom is 0.534 e. The lowest BCUT2D eigenvalue weighted by Crippen LogP contribution is -2.34. The molecule has 24 heteroatoms. The van der Waals surface area contributed by atoms with Crippen molar-refractivity contribution in [2.75, 3.05) is 0 Å². The van der Waals surface area contributed by atoms with E-state index in [1.165, 1.54) is 17.0 Å². The minimum Gasteiger partial charge on any atom is -0.508 e. The van der Waals surface area contributed by atoms with Gasteiger partial charge >= 0.3 is 46.9 Å². The molecule has 0 aliphatic carbocycles. The number of benzene rings is 4. The first-order chi connectivity index (χ1) is 26.4. The van der Waals surface area contributed by atoms with Gasteiger partial charge in [0.15, 0.2) is 0 Å². The van der Waals surface area contributed by atoms with Crippen molar-refractivity contribution in [2.24, 2.45) is 0 Å². The van der Waals surface area contributed by atoms with Crippen LogP contribution in [0.1, 0.15) is 15.3 Å². The summed E-state index contributed by atoms with van der Waals surface area (Å²) in [6.45, 7) is 6.05. The summed E-state index contributed by atoms with van der Waals surface area (Å²) in [5, 5.41) is 21.3. The molecule has 10 nitrogen and oxygen atoms in total. The number of fused-ring (bicyclic) bond motifs is 2. The summed E-state index contributed by atoms with van der Waals surface area (Å²) >= 11 is 3.26. The first kappa shape index (κ1) is 46.1. The van der Waals surface area contributed by atoms with Crippen LogP contribution in [0.15, 0.2) is 84.9 Å². The molecule has 6 aromatic rings. The summed E-state index contributed by atoms with van der Waals surface area (Å²) in [5.41, 5.74) is -13.0. The molecule has 0 saturated heterocycles. The largest absolute Gasteiger partial charge is 0.534 e. The summed E-state index contributed by atoms with van der Waals surface area (Å²) in [6, 6.07) is 24.3.